The standard InChI is InChI=1S/C11H19F2NO/c1-4-7-15-8(2)10-9(11(12)13)5-6-14(10)3/h8,10H,4-7H2,1-3H3. The lowest BCUT2D eigenvalue weighted by Gasteiger charge is -2.26. The summed E-state index contributed by atoms with van der Waals surface area (Å²) in [4.78, 5) is 1.94. The largest absolute Gasteiger partial charge is 0.377 e. The molecule has 0 bridgehead atoms. The van der Waals surface area contributed by atoms with E-state index in [4.69, 9.17) is 4.74 Å². The quantitative estimate of drug-likeness (QED) is 0.720. The third-order valence-electron chi connectivity index (χ3n) is 2.84. The maximum atomic E-state index is 12.6. The fraction of sp³-hybridized carbons (Fsp3) is 0.818. The van der Waals surface area contributed by atoms with Crippen LogP contribution in [0.1, 0.15) is 26.7 Å². The lowest BCUT2D eigenvalue weighted by atomic mass is 10.0. The summed E-state index contributed by atoms with van der Waals surface area (Å²) in [7, 11) is 1.87. The van der Waals surface area contributed by atoms with Crippen LogP contribution in [0.4, 0.5) is 8.78 Å². The molecule has 0 radical (unpaired) electrons. The second-order valence-electron chi connectivity index (χ2n) is 4.04. The van der Waals surface area contributed by atoms with Crippen LogP contribution < -0.4 is 0 Å². The number of nitrogens with zero attached hydrogens (tertiary/aromatic N) is 1. The molecular formula is C11H19F2NO. The highest BCUT2D eigenvalue weighted by molar-refractivity contribution is 5.18. The van der Waals surface area contributed by atoms with Crippen molar-refractivity contribution in [2.24, 2.45) is 0 Å². The Labute approximate surface area is 89.9 Å². The fourth-order valence-electron chi connectivity index (χ4n) is 2.09. The minimum atomic E-state index is -1.53. The van der Waals surface area contributed by atoms with Crippen molar-refractivity contribution in [1.29, 1.82) is 0 Å². The molecule has 0 spiro atoms. The number of likely N-dealkylation sites (tertiary alicyclic amines) is 1. The molecule has 1 aliphatic rings. The highest BCUT2D eigenvalue weighted by Crippen LogP contribution is 2.29. The Bertz CT molecular complexity index is 239. The van der Waals surface area contributed by atoms with Crippen LogP contribution in [0, 0.1) is 0 Å². The van der Waals surface area contributed by atoms with Gasteiger partial charge in [0.25, 0.3) is 6.08 Å². The van der Waals surface area contributed by atoms with Gasteiger partial charge in [-0.3, -0.25) is 4.90 Å². The van der Waals surface area contributed by atoms with E-state index in [-0.39, 0.29) is 17.7 Å². The molecule has 0 amide bonds. The first-order valence-corrected chi connectivity index (χ1v) is 5.43. The molecule has 0 aromatic heterocycles. The number of ether oxygens (including phenoxy) is 1. The van der Waals surface area contributed by atoms with E-state index in [0.29, 0.717) is 19.6 Å². The van der Waals surface area contributed by atoms with Crippen molar-refractivity contribution in [3.63, 3.8) is 0 Å². The van der Waals surface area contributed by atoms with Crippen LogP contribution >= 0.6 is 0 Å². The molecule has 1 heterocycles. The Morgan fingerprint density at radius 3 is 2.80 bits per heavy atom. The van der Waals surface area contributed by atoms with Crippen molar-refractivity contribution >= 4 is 0 Å². The van der Waals surface area contributed by atoms with Crippen molar-refractivity contribution in [3.8, 4) is 0 Å². The van der Waals surface area contributed by atoms with Crippen LogP contribution in [0.5, 0.6) is 0 Å². The molecule has 4 heteroatoms. The normalized spacial score (nSPS) is 24.6. The third kappa shape index (κ3) is 2.98. The maximum Gasteiger partial charge on any atom is 0.271 e. The van der Waals surface area contributed by atoms with E-state index in [2.05, 4.69) is 0 Å². The van der Waals surface area contributed by atoms with Gasteiger partial charge in [0.05, 0.1) is 12.1 Å². The summed E-state index contributed by atoms with van der Waals surface area (Å²) in [6.45, 7) is 5.20. The average Bonchev–Trinajstić information content (AvgIpc) is 2.56. The van der Waals surface area contributed by atoms with Gasteiger partial charge in [0.2, 0.25) is 0 Å². The summed E-state index contributed by atoms with van der Waals surface area (Å²) in [5, 5.41) is 0. The molecule has 88 valence electrons. The topological polar surface area (TPSA) is 12.5 Å². The first-order valence-electron chi connectivity index (χ1n) is 5.43. The summed E-state index contributed by atoms with van der Waals surface area (Å²) in [5.74, 6) is 0. The van der Waals surface area contributed by atoms with E-state index < -0.39 is 6.08 Å². The van der Waals surface area contributed by atoms with Gasteiger partial charge in [0, 0.05) is 18.7 Å². The number of hydrogen-bond acceptors (Lipinski definition) is 2. The van der Waals surface area contributed by atoms with Gasteiger partial charge in [-0.1, -0.05) is 6.92 Å². The third-order valence-corrected chi connectivity index (χ3v) is 2.84. The Morgan fingerprint density at radius 1 is 1.60 bits per heavy atom. The molecule has 15 heavy (non-hydrogen) atoms. The van der Waals surface area contributed by atoms with E-state index in [9.17, 15) is 8.78 Å². The number of likely N-dealkylation sites (N-methyl/N-ethyl adjacent to an activating group) is 1. The van der Waals surface area contributed by atoms with Gasteiger partial charge in [-0.2, -0.15) is 8.78 Å². The van der Waals surface area contributed by atoms with Crippen LogP contribution in [-0.2, 0) is 4.74 Å². The maximum absolute atomic E-state index is 12.6. The van der Waals surface area contributed by atoms with E-state index in [1.165, 1.54) is 0 Å². The molecule has 1 rings (SSSR count). The van der Waals surface area contributed by atoms with E-state index >= 15 is 0 Å². The van der Waals surface area contributed by atoms with Crippen molar-refractivity contribution in [2.45, 2.75) is 38.8 Å². The summed E-state index contributed by atoms with van der Waals surface area (Å²) in [6.07, 6.45) is -0.313. The summed E-state index contributed by atoms with van der Waals surface area (Å²) in [6, 6.07) is -0.249. The van der Waals surface area contributed by atoms with Gasteiger partial charge in [-0.25, -0.2) is 0 Å². The number of halogens is 2. The number of rotatable bonds is 4. The van der Waals surface area contributed by atoms with Gasteiger partial charge >= 0.3 is 0 Å². The zero-order valence-electron chi connectivity index (χ0n) is 9.59. The van der Waals surface area contributed by atoms with E-state index in [1.54, 1.807) is 0 Å². The molecule has 0 aliphatic carbocycles. The monoisotopic (exact) mass is 219 g/mol. The molecular weight excluding hydrogens is 200 g/mol. The Balaban J connectivity index is 2.68. The van der Waals surface area contributed by atoms with Crippen LogP contribution in [-0.4, -0.2) is 37.2 Å². The van der Waals surface area contributed by atoms with Gasteiger partial charge in [0.15, 0.2) is 0 Å². The van der Waals surface area contributed by atoms with Crippen molar-refractivity contribution in [3.05, 3.63) is 11.7 Å². The SMILES string of the molecule is CCCOC(C)C1C(=C(F)F)CCN1C. The highest BCUT2D eigenvalue weighted by Gasteiger charge is 2.34. The van der Waals surface area contributed by atoms with E-state index in [0.717, 1.165) is 6.42 Å². The molecule has 2 unspecified atom stereocenters. The van der Waals surface area contributed by atoms with Crippen LogP contribution in [0.15, 0.2) is 11.7 Å². The molecule has 1 fully saturated rings. The van der Waals surface area contributed by atoms with E-state index in [1.807, 2.05) is 25.8 Å². The van der Waals surface area contributed by atoms with Crippen LogP contribution in [0.25, 0.3) is 0 Å². The molecule has 0 N–H and O–H groups in total. The molecule has 1 aliphatic heterocycles. The van der Waals surface area contributed by atoms with Gasteiger partial charge < -0.3 is 4.74 Å². The second-order valence-corrected chi connectivity index (χ2v) is 4.04. The molecule has 0 aromatic carbocycles. The molecule has 2 atom stereocenters. The average molecular weight is 219 g/mol. The predicted octanol–water partition coefficient (Wildman–Crippen LogP) is 2.66. The molecule has 0 saturated carbocycles. The van der Waals surface area contributed by atoms with Gasteiger partial charge in [-0.15, -0.1) is 0 Å². The smallest absolute Gasteiger partial charge is 0.271 e. The van der Waals surface area contributed by atoms with Crippen molar-refractivity contribution < 1.29 is 13.5 Å². The van der Waals surface area contributed by atoms with Crippen LogP contribution in [0.2, 0.25) is 0 Å². The van der Waals surface area contributed by atoms with Crippen LogP contribution in [0.3, 0.4) is 0 Å². The molecule has 0 aromatic rings. The summed E-state index contributed by atoms with van der Waals surface area (Å²) >= 11 is 0. The zero-order chi connectivity index (χ0) is 11.4. The first kappa shape index (κ1) is 12.6. The lowest BCUT2D eigenvalue weighted by Crippen LogP contribution is -2.37. The Hall–Kier alpha value is -0.480. The highest BCUT2D eigenvalue weighted by atomic mass is 19.3. The Morgan fingerprint density at radius 2 is 2.27 bits per heavy atom. The van der Waals surface area contributed by atoms with Gasteiger partial charge in [0.1, 0.15) is 0 Å². The second kappa shape index (κ2) is 5.56. The summed E-state index contributed by atoms with van der Waals surface area (Å²) in [5.41, 5.74) is 0.251. The van der Waals surface area contributed by atoms with Crippen molar-refractivity contribution in [1.82, 2.24) is 4.90 Å². The lowest BCUT2D eigenvalue weighted by molar-refractivity contribution is 0.0248. The number of hydrogen-bond donors (Lipinski definition) is 0. The molecule has 1 saturated heterocycles. The predicted molar refractivity (Wildman–Crippen MR) is 56.0 cm³/mol. The first-order chi connectivity index (χ1) is 7.07. The molecule has 2 nitrogen and oxygen atoms in total. The van der Waals surface area contributed by atoms with Gasteiger partial charge in [-0.05, 0) is 26.8 Å². The minimum absolute atomic E-state index is 0.158. The minimum Gasteiger partial charge on any atom is -0.377 e. The zero-order valence-corrected chi connectivity index (χ0v) is 9.59. The van der Waals surface area contributed by atoms with Crippen molar-refractivity contribution in [2.75, 3.05) is 20.2 Å². The summed E-state index contributed by atoms with van der Waals surface area (Å²) < 4.78 is 30.8. The fourth-order valence-corrected chi connectivity index (χ4v) is 2.09. The Kier molecular flexibility index (Phi) is 4.67.